The Morgan fingerprint density at radius 3 is 2.15 bits per heavy atom. The molecule has 14 nitrogen and oxygen atoms in total. The van der Waals surface area contributed by atoms with Crippen LogP contribution < -0.4 is 25.4 Å². The lowest BCUT2D eigenvalue weighted by Gasteiger charge is -2.59. The maximum Gasteiger partial charge on any atom is 0.417 e. The molecule has 1 saturated carbocycles. The van der Waals surface area contributed by atoms with Crippen molar-refractivity contribution >= 4 is 40.7 Å². The van der Waals surface area contributed by atoms with Crippen LogP contribution in [0.1, 0.15) is 31.4 Å². The number of nitrogens with zero attached hydrogens (tertiary/aromatic N) is 2. The van der Waals surface area contributed by atoms with E-state index in [0.29, 0.717) is 17.0 Å². The van der Waals surface area contributed by atoms with Crippen molar-refractivity contribution in [2.75, 3.05) is 45.5 Å². The third-order valence-electron chi connectivity index (χ3n) is 9.60. The van der Waals surface area contributed by atoms with Crippen LogP contribution >= 0.6 is 0 Å². The van der Waals surface area contributed by atoms with Crippen LogP contribution in [-0.4, -0.2) is 95.8 Å². The minimum Gasteiger partial charge on any atom is -0.508 e. The molecule has 2 aromatic rings. The molecule has 0 heterocycles. The number of fused-ring (bicyclic) bond motifs is 3. The number of likely N-dealkylation sites (N-methyl/N-ethyl adjacent to an activating group) is 1. The van der Waals surface area contributed by atoms with Crippen molar-refractivity contribution in [2.45, 2.75) is 38.3 Å². The van der Waals surface area contributed by atoms with Crippen molar-refractivity contribution in [3.63, 3.8) is 0 Å². The number of Topliss-reactive ketones (excluding diaryl/α,β-unsaturated/α-hetero) is 2. The molecule has 3 aliphatic rings. The number of ether oxygens (including phenoxy) is 2. The van der Waals surface area contributed by atoms with Crippen molar-refractivity contribution in [1.82, 2.24) is 4.90 Å². The highest BCUT2D eigenvalue weighted by Gasteiger charge is 2.72. The number of phenolic OH excluding ortho intramolecular Hbond substituents is 1. The summed E-state index contributed by atoms with van der Waals surface area (Å²) in [5.74, 6) is -5.07. The van der Waals surface area contributed by atoms with Crippen LogP contribution in [0.25, 0.3) is 5.76 Å². The third-order valence-corrected chi connectivity index (χ3v) is 9.60. The molecule has 47 heavy (non-hydrogen) atoms. The first-order valence-electron chi connectivity index (χ1n) is 14.7. The molecular weight excluding hydrogens is 612 g/mol. The second-order valence-corrected chi connectivity index (χ2v) is 13.1. The van der Waals surface area contributed by atoms with Gasteiger partial charge < -0.3 is 40.5 Å². The zero-order valence-electron chi connectivity index (χ0n) is 27.1. The number of benzene rings is 2. The fourth-order valence-electron chi connectivity index (χ4n) is 7.75. The minimum absolute atomic E-state index is 0.0400. The summed E-state index contributed by atoms with van der Waals surface area (Å²) in [5.41, 5.74) is -1.01. The number of carbonyl (C=O) groups excluding carboxylic acids is 4. The van der Waals surface area contributed by atoms with Crippen LogP contribution in [0.2, 0.25) is 0 Å². The van der Waals surface area contributed by atoms with E-state index in [0.717, 1.165) is 0 Å². The largest absolute Gasteiger partial charge is 0.508 e. The van der Waals surface area contributed by atoms with Gasteiger partial charge in [0, 0.05) is 36.2 Å². The van der Waals surface area contributed by atoms with Crippen LogP contribution in [0.5, 0.6) is 17.2 Å². The highest BCUT2D eigenvalue weighted by molar-refractivity contribution is 6.25. The van der Waals surface area contributed by atoms with Crippen LogP contribution in [0.15, 0.2) is 47.2 Å². The van der Waals surface area contributed by atoms with Gasteiger partial charge in [-0.25, -0.2) is 4.79 Å². The van der Waals surface area contributed by atoms with Gasteiger partial charge in [-0.2, -0.15) is 0 Å². The second kappa shape index (κ2) is 11.0. The van der Waals surface area contributed by atoms with Gasteiger partial charge >= 0.3 is 6.09 Å². The number of hydrogen-bond donors (Lipinski definition) is 6. The first-order valence-corrected chi connectivity index (χ1v) is 14.7. The number of aliphatic hydroxyl groups excluding tert-OH is 2. The molecule has 0 bridgehead atoms. The van der Waals surface area contributed by atoms with Gasteiger partial charge in [0.05, 0.1) is 24.4 Å². The van der Waals surface area contributed by atoms with E-state index in [4.69, 9.17) is 15.2 Å². The Balaban J connectivity index is 1.68. The molecule has 0 spiro atoms. The SMILES string of the molecule is COc1ccc(OC(=O)Nc2cc(N(C)C)c3c(c2O)C(O)=C2C(=O)[C@]4(O)C(O)=C(C(N)=O)C(=O)[C@@H](N(C)C)[C@]4(C)C[C@]2(C)C3)cc1. The van der Waals surface area contributed by atoms with Crippen LogP contribution in [0.4, 0.5) is 16.2 Å². The van der Waals surface area contributed by atoms with E-state index in [2.05, 4.69) is 5.32 Å². The van der Waals surface area contributed by atoms with E-state index >= 15 is 0 Å². The van der Waals surface area contributed by atoms with Gasteiger partial charge in [-0.3, -0.25) is 24.6 Å². The van der Waals surface area contributed by atoms with Gasteiger partial charge in [-0.15, -0.1) is 0 Å². The summed E-state index contributed by atoms with van der Waals surface area (Å²) in [6, 6.07) is 6.43. The van der Waals surface area contributed by atoms with Crippen LogP contribution in [-0.2, 0) is 20.8 Å². The molecule has 1 fully saturated rings. The number of aliphatic hydroxyl groups is 3. The molecule has 2 aromatic carbocycles. The summed E-state index contributed by atoms with van der Waals surface area (Å²) >= 11 is 0. The monoisotopic (exact) mass is 650 g/mol. The van der Waals surface area contributed by atoms with E-state index in [9.17, 15) is 39.6 Å². The van der Waals surface area contributed by atoms with Crippen molar-refractivity contribution in [3.8, 4) is 17.2 Å². The predicted octanol–water partition coefficient (Wildman–Crippen LogP) is 2.43. The highest BCUT2D eigenvalue weighted by Crippen LogP contribution is 2.63. The number of primary amides is 1. The number of methoxy groups -OCH3 is 1. The van der Waals surface area contributed by atoms with Gasteiger partial charge in [-0.05, 0) is 62.8 Å². The minimum atomic E-state index is -2.85. The number of phenols is 1. The summed E-state index contributed by atoms with van der Waals surface area (Å²) in [6.45, 7) is 3.16. The molecule has 0 saturated heterocycles. The Bertz CT molecular complexity index is 1800. The third kappa shape index (κ3) is 4.69. The summed E-state index contributed by atoms with van der Waals surface area (Å²) in [7, 11) is 8.00. The van der Waals surface area contributed by atoms with E-state index in [1.54, 1.807) is 38.1 Å². The maximum atomic E-state index is 14.5. The molecule has 0 radical (unpaired) electrons. The quantitative estimate of drug-likeness (QED) is 0.197. The molecule has 0 aliphatic heterocycles. The number of nitrogens with one attached hydrogen (secondary N) is 1. The van der Waals surface area contributed by atoms with Crippen molar-refractivity contribution in [1.29, 1.82) is 0 Å². The molecule has 250 valence electrons. The van der Waals surface area contributed by atoms with Crippen molar-refractivity contribution in [2.24, 2.45) is 16.6 Å². The number of nitrogens with two attached hydrogens (primary N) is 1. The zero-order chi connectivity index (χ0) is 35.0. The molecule has 3 aliphatic carbocycles. The Hall–Kier alpha value is -5.08. The topological polar surface area (TPSA) is 212 Å². The van der Waals surface area contributed by atoms with Gasteiger partial charge in [0.2, 0.25) is 5.78 Å². The Morgan fingerprint density at radius 2 is 1.62 bits per heavy atom. The molecule has 0 unspecified atom stereocenters. The first kappa shape index (κ1) is 33.3. The molecule has 2 amide bonds. The van der Waals surface area contributed by atoms with Gasteiger partial charge in [0.25, 0.3) is 5.91 Å². The lowest BCUT2D eigenvalue weighted by atomic mass is 9.46. The molecule has 14 heteroatoms. The molecule has 0 aromatic heterocycles. The summed E-state index contributed by atoms with van der Waals surface area (Å²) < 4.78 is 10.4. The summed E-state index contributed by atoms with van der Waals surface area (Å²) in [6.07, 6.45) is -1.04. The normalized spacial score (nSPS) is 26.8. The summed E-state index contributed by atoms with van der Waals surface area (Å²) in [4.78, 5) is 56.5. The number of amides is 2. The van der Waals surface area contributed by atoms with Crippen LogP contribution in [0.3, 0.4) is 0 Å². The Kier molecular flexibility index (Phi) is 7.81. The van der Waals surface area contributed by atoms with E-state index < -0.39 is 68.9 Å². The molecule has 7 N–H and O–H groups in total. The standard InChI is InChI=1S/C33H38N4O10/c1-31-13-17-19(36(3)4)12-18(35-30(44)47-16-10-8-15(46-7)9-11-16)23(38)20(17)24(39)22(31)28(42)33(45)27(41)21(29(34)43)25(40)26(37(5)6)32(33,2)14-31/h8-12,26,38-39,41,45H,13-14H2,1-7H3,(H2,34,43)(H,35,44)/t26-,31+,32+,33-/m1/s1. The van der Waals surface area contributed by atoms with E-state index in [-0.39, 0.29) is 35.4 Å². The number of hydrogen-bond acceptors (Lipinski definition) is 12. The zero-order valence-corrected chi connectivity index (χ0v) is 27.1. The van der Waals surface area contributed by atoms with E-state index in [1.165, 1.54) is 51.2 Å². The number of aromatic hydroxyl groups is 1. The number of rotatable bonds is 6. The van der Waals surface area contributed by atoms with Crippen molar-refractivity contribution < 1.29 is 49.1 Å². The molecular formula is C33H38N4O10. The Labute approximate surface area is 270 Å². The average molecular weight is 651 g/mol. The Morgan fingerprint density at radius 1 is 1.02 bits per heavy atom. The fourth-order valence-corrected chi connectivity index (χ4v) is 7.75. The van der Waals surface area contributed by atoms with E-state index in [1.807, 2.05) is 0 Å². The lowest BCUT2D eigenvalue weighted by Crippen LogP contribution is -2.72. The lowest BCUT2D eigenvalue weighted by molar-refractivity contribution is -0.176. The molecule has 5 rings (SSSR count). The van der Waals surface area contributed by atoms with Gasteiger partial charge in [0.15, 0.2) is 17.1 Å². The smallest absolute Gasteiger partial charge is 0.417 e. The average Bonchev–Trinajstić information content (AvgIpc) is 2.96. The van der Waals surface area contributed by atoms with Crippen LogP contribution in [0, 0.1) is 10.8 Å². The predicted molar refractivity (Wildman–Crippen MR) is 170 cm³/mol. The first-order chi connectivity index (χ1) is 21.8. The van der Waals surface area contributed by atoms with Crippen molar-refractivity contribution in [3.05, 3.63) is 58.4 Å². The number of ketones is 2. The number of anilines is 2. The van der Waals surface area contributed by atoms with Gasteiger partial charge in [-0.1, -0.05) is 13.8 Å². The number of carbonyl (C=O) groups is 4. The fraction of sp³-hybridized carbons (Fsp3) is 0.394. The highest BCUT2D eigenvalue weighted by atomic mass is 16.6. The molecule has 4 atom stereocenters. The van der Waals surface area contributed by atoms with Gasteiger partial charge in [0.1, 0.15) is 28.6 Å². The summed E-state index contributed by atoms with van der Waals surface area (Å²) in [5, 5.41) is 49.2. The second-order valence-electron chi connectivity index (χ2n) is 13.1. The maximum absolute atomic E-state index is 14.5.